The van der Waals surface area contributed by atoms with Crippen LogP contribution in [0.1, 0.15) is 9.67 Å². The number of ketones is 1. The SMILES string of the molecule is N#CC(=[N+]=[N-])C(=O)c1cccs1. The third-order valence-electron chi connectivity index (χ3n) is 1.17. The zero-order chi connectivity index (χ0) is 8.97. The Morgan fingerprint density at radius 3 is 2.92 bits per heavy atom. The van der Waals surface area contributed by atoms with Crippen molar-refractivity contribution in [3.63, 3.8) is 0 Å². The van der Waals surface area contributed by atoms with Gasteiger partial charge in [-0.2, -0.15) is 10.1 Å². The first-order valence-corrected chi connectivity index (χ1v) is 3.88. The first kappa shape index (κ1) is 8.34. The van der Waals surface area contributed by atoms with Gasteiger partial charge in [-0.05, 0) is 11.4 Å². The second-order valence-corrected chi connectivity index (χ2v) is 2.81. The van der Waals surface area contributed by atoms with E-state index in [4.69, 9.17) is 10.8 Å². The third-order valence-corrected chi connectivity index (χ3v) is 2.03. The highest BCUT2D eigenvalue weighted by Crippen LogP contribution is 2.09. The van der Waals surface area contributed by atoms with Crippen LogP contribution < -0.4 is 0 Å². The van der Waals surface area contributed by atoms with Crippen molar-refractivity contribution in [3.05, 3.63) is 27.9 Å². The lowest BCUT2D eigenvalue weighted by atomic mass is 10.2. The summed E-state index contributed by atoms with van der Waals surface area (Å²) in [5.74, 6) is -0.546. The third kappa shape index (κ3) is 1.45. The van der Waals surface area contributed by atoms with Crippen molar-refractivity contribution in [2.75, 3.05) is 0 Å². The molecule has 1 heterocycles. The van der Waals surface area contributed by atoms with Crippen LogP contribution in [0.2, 0.25) is 0 Å². The molecule has 0 spiro atoms. The van der Waals surface area contributed by atoms with Gasteiger partial charge in [0.05, 0.1) is 4.88 Å². The van der Waals surface area contributed by atoms with E-state index in [1.807, 2.05) is 0 Å². The summed E-state index contributed by atoms with van der Waals surface area (Å²) in [5.41, 5.74) is 7.76. The molecule has 0 aromatic carbocycles. The molecule has 4 nitrogen and oxygen atoms in total. The summed E-state index contributed by atoms with van der Waals surface area (Å²) in [4.78, 5) is 14.1. The van der Waals surface area contributed by atoms with E-state index < -0.39 is 11.5 Å². The highest BCUT2D eigenvalue weighted by atomic mass is 32.1. The molecule has 0 atom stereocenters. The molecule has 0 aliphatic rings. The molecule has 1 aromatic rings. The Labute approximate surface area is 72.3 Å². The predicted octanol–water partition coefficient (Wildman–Crippen LogP) is 1.13. The molecule has 12 heavy (non-hydrogen) atoms. The highest BCUT2D eigenvalue weighted by Gasteiger charge is 2.21. The second-order valence-electron chi connectivity index (χ2n) is 1.87. The van der Waals surface area contributed by atoms with Crippen LogP contribution in [0.3, 0.4) is 0 Å². The first-order chi connectivity index (χ1) is 5.79. The quantitative estimate of drug-likeness (QED) is 0.294. The molecule has 0 radical (unpaired) electrons. The summed E-state index contributed by atoms with van der Waals surface area (Å²) in [5, 5.41) is 10.0. The normalized spacial score (nSPS) is 8.25. The Morgan fingerprint density at radius 1 is 1.75 bits per heavy atom. The van der Waals surface area contributed by atoms with Crippen molar-refractivity contribution in [3.8, 4) is 6.07 Å². The highest BCUT2D eigenvalue weighted by molar-refractivity contribution is 7.13. The smallest absolute Gasteiger partial charge is 0.360 e. The van der Waals surface area contributed by atoms with Gasteiger partial charge in [-0.1, -0.05) is 6.07 Å². The number of carbonyl (C=O) groups is 1. The summed E-state index contributed by atoms with van der Waals surface area (Å²) < 4.78 is 0. The van der Waals surface area contributed by atoms with Crippen molar-refractivity contribution in [1.29, 1.82) is 5.26 Å². The summed E-state index contributed by atoms with van der Waals surface area (Å²) in [7, 11) is 0. The number of rotatable bonds is 2. The maximum absolute atomic E-state index is 11.2. The van der Waals surface area contributed by atoms with Crippen molar-refractivity contribution >= 4 is 22.8 Å². The fourth-order valence-corrected chi connectivity index (χ4v) is 1.31. The molecule has 0 fully saturated rings. The van der Waals surface area contributed by atoms with E-state index in [0.717, 1.165) is 0 Å². The zero-order valence-corrected chi connectivity index (χ0v) is 6.71. The van der Waals surface area contributed by atoms with Crippen LogP contribution in [-0.2, 0) is 0 Å². The molecule has 0 aliphatic carbocycles. The molecule has 0 aliphatic heterocycles. The van der Waals surface area contributed by atoms with Gasteiger partial charge >= 0.3 is 5.71 Å². The van der Waals surface area contributed by atoms with Gasteiger partial charge in [-0.15, -0.1) is 11.3 Å². The number of nitrogens with zero attached hydrogens (tertiary/aromatic N) is 3. The molecular formula is C7H3N3OS. The molecule has 1 aromatic heterocycles. The second kappa shape index (κ2) is 3.58. The molecule has 0 N–H and O–H groups in total. The monoisotopic (exact) mass is 177 g/mol. The maximum atomic E-state index is 11.2. The minimum Gasteiger partial charge on any atom is -0.360 e. The number of hydrogen-bond donors (Lipinski definition) is 0. The summed E-state index contributed by atoms with van der Waals surface area (Å²) >= 11 is 1.20. The minimum absolute atomic E-state index is 0.393. The van der Waals surface area contributed by atoms with E-state index >= 15 is 0 Å². The van der Waals surface area contributed by atoms with E-state index in [1.54, 1.807) is 17.5 Å². The summed E-state index contributed by atoms with van der Waals surface area (Å²) in [6.07, 6.45) is 0. The van der Waals surface area contributed by atoms with Gasteiger partial charge in [0.25, 0.3) is 5.78 Å². The van der Waals surface area contributed by atoms with E-state index in [2.05, 4.69) is 4.79 Å². The Kier molecular flexibility index (Phi) is 2.49. The number of thiophene rings is 1. The predicted molar refractivity (Wildman–Crippen MR) is 42.9 cm³/mol. The first-order valence-electron chi connectivity index (χ1n) is 3.00. The molecule has 0 saturated heterocycles. The van der Waals surface area contributed by atoms with Crippen LogP contribution in [0.15, 0.2) is 17.5 Å². The van der Waals surface area contributed by atoms with Crippen LogP contribution in [0.4, 0.5) is 0 Å². The minimum atomic E-state index is -0.546. The van der Waals surface area contributed by atoms with Crippen molar-refractivity contribution in [1.82, 2.24) is 0 Å². The molecular weight excluding hydrogens is 174 g/mol. The standard InChI is InChI=1S/C7H3N3OS/c8-4-5(10-9)7(11)6-2-1-3-12-6/h1-3H. The van der Waals surface area contributed by atoms with Crippen LogP contribution in [0, 0.1) is 11.3 Å². The molecule has 0 bridgehead atoms. The number of Topliss-reactive ketones (excluding diaryl/α,β-unsaturated/α-hetero) is 1. The summed E-state index contributed by atoms with van der Waals surface area (Å²) in [6, 6.07) is 4.75. The Morgan fingerprint density at radius 2 is 2.50 bits per heavy atom. The van der Waals surface area contributed by atoms with E-state index in [0.29, 0.717) is 4.88 Å². The van der Waals surface area contributed by atoms with Crippen molar-refractivity contribution < 1.29 is 9.58 Å². The number of carbonyl (C=O) groups excluding carboxylic acids is 1. The lowest BCUT2D eigenvalue weighted by Gasteiger charge is -1.81. The van der Waals surface area contributed by atoms with Gasteiger partial charge in [-0.25, -0.2) is 0 Å². The van der Waals surface area contributed by atoms with Crippen LogP contribution in [-0.4, -0.2) is 16.3 Å². The number of nitriles is 1. The van der Waals surface area contributed by atoms with Gasteiger partial charge in [0.15, 0.2) is 6.07 Å². The van der Waals surface area contributed by atoms with Crippen LogP contribution >= 0.6 is 11.3 Å². The lowest BCUT2D eigenvalue weighted by Crippen LogP contribution is -2.11. The molecule has 5 heteroatoms. The molecule has 0 saturated carbocycles. The fourth-order valence-electron chi connectivity index (χ4n) is 0.643. The van der Waals surface area contributed by atoms with Gasteiger partial charge in [0.2, 0.25) is 0 Å². The topological polar surface area (TPSA) is 77.3 Å². The molecule has 0 unspecified atom stereocenters. The Hall–Kier alpha value is -1.76. The average Bonchev–Trinajstić information content (AvgIpc) is 2.58. The molecule has 58 valence electrons. The maximum Gasteiger partial charge on any atom is 0.439 e. The molecule has 1 rings (SSSR count). The van der Waals surface area contributed by atoms with Crippen molar-refractivity contribution in [2.24, 2.45) is 0 Å². The fraction of sp³-hybridized carbons (Fsp3) is 0. The van der Waals surface area contributed by atoms with Crippen LogP contribution in [0.25, 0.3) is 5.53 Å². The van der Waals surface area contributed by atoms with Crippen molar-refractivity contribution in [2.45, 2.75) is 0 Å². The van der Waals surface area contributed by atoms with Gasteiger partial charge in [-0.3, -0.25) is 4.79 Å². The molecule has 0 amide bonds. The van der Waals surface area contributed by atoms with Gasteiger partial charge in [0.1, 0.15) is 0 Å². The van der Waals surface area contributed by atoms with E-state index in [9.17, 15) is 4.79 Å². The largest absolute Gasteiger partial charge is 0.439 e. The van der Waals surface area contributed by atoms with Gasteiger partial charge in [0, 0.05) is 0 Å². The average molecular weight is 177 g/mol. The van der Waals surface area contributed by atoms with E-state index in [1.165, 1.54) is 17.4 Å². The number of hydrogen-bond acceptors (Lipinski definition) is 3. The summed E-state index contributed by atoms with van der Waals surface area (Å²) in [6.45, 7) is 0. The Bertz CT molecular complexity index is 381. The van der Waals surface area contributed by atoms with Gasteiger partial charge < -0.3 is 5.53 Å². The van der Waals surface area contributed by atoms with Crippen LogP contribution in [0.5, 0.6) is 0 Å². The lowest BCUT2D eigenvalue weighted by molar-refractivity contribution is -0.00365. The zero-order valence-electron chi connectivity index (χ0n) is 5.89. The Balaban J connectivity index is 3.03. The van der Waals surface area contributed by atoms with E-state index in [-0.39, 0.29) is 0 Å².